The molecule has 0 saturated heterocycles. The Kier molecular flexibility index (Phi) is 14.9. The summed E-state index contributed by atoms with van der Waals surface area (Å²) < 4.78 is 111. The van der Waals surface area contributed by atoms with E-state index in [1.807, 2.05) is 0 Å². The molecule has 1 amide bonds. The van der Waals surface area contributed by atoms with Crippen LogP contribution in [-0.2, 0) is 0 Å². The molecule has 380 valence electrons. The molecule has 4 N–H and O–H groups in total. The number of methoxy groups -OCH3 is 2. The van der Waals surface area contributed by atoms with Gasteiger partial charge in [-0.25, -0.2) is 31.1 Å². The molecule has 0 spiro atoms. The van der Waals surface area contributed by atoms with Crippen molar-refractivity contribution in [2.75, 3.05) is 14.2 Å². The molecule has 70 heavy (non-hydrogen) atoms. The van der Waals surface area contributed by atoms with E-state index in [-0.39, 0.29) is 134 Å². The zero-order chi connectivity index (χ0) is 50.3. The Labute approximate surface area is 437 Å². The number of carboxylic acid groups (broad SMARTS) is 1. The zero-order valence-electron chi connectivity index (χ0n) is 36.8. The summed E-state index contributed by atoms with van der Waals surface area (Å²) in [6.07, 6.45) is -1.38. The largest absolute Gasteiger partial charge is 0.496 e. The fourth-order valence-corrected chi connectivity index (χ4v) is 15.0. The number of rotatable bonds is 9. The molecular formula is C49H48Br2Cl4F6N2O7. The maximum Gasteiger partial charge on any atom is 0.339 e. The highest BCUT2D eigenvalue weighted by molar-refractivity contribution is 9.10. The van der Waals surface area contributed by atoms with Gasteiger partial charge in [0.2, 0.25) is 0 Å². The number of carbonyl (C=O) groups excluding carboxylic acids is 1. The molecule has 0 aliphatic heterocycles. The van der Waals surface area contributed by atoms with E-state index in [1.54, 1.807) is 36.4 Å². The SMILES string of the molecule is C.COc1ccc(Oc2c(Cl)cc(Br)cc2Cl)cc1C(=O)NC12CC3(F)CC(F)(CC(F)(C3)C1)C2.COc1ccc(Oc2c(Cl)cc(Br)cc2Cl)cc1C(=O)O.NC12CC3(F)CC(F)(C1)CC(F)(C2)C3. The molecule has 12 rings (SSSR count). The maximum absolute atomic E-state index is 15.3. The molecule has 8 aliphatic rings. The smallest absolute Gasteiger partial charge is 0.339 e. The Bertz CT molecular complexity index is 2550. The molecule has 0 aromatic heterocycles. The van der Waals surface area contributed by atoms with Crippen LogP contribution in [0.25, 0.3) is 0 Å². The summed E-state index contributed by atoms with van der Waals surface area (Å²) in [4.78, 5) is 24.5. The highest BCUT2D eigenvalue weighted by Gasteiger charge is 2.71. The third-order valence-corrected chi connectivity index (χ3v) is 15.4. The van der Waals surface area contributed by atoms with Crippen LogP contribution < -0.4 is 30.0 Å². The van der Waals surface area contributed by atoms with E-state index in [0.29, 0.717) is 24.7 Å². The van der Waals surface area contributed by atoms with Gasteiger partial charge in [-0.2, -0.15) is 0 Å². The van der Waals surface area contributed by atoms with Crippen molar-refractivity contribution >= 4 is 90.1 Å². The van der Waals surface area contributed by atoms with Crippen molar-refractivity contribution in [1.29, 1.82) is 0 Å². The summed E-state index contributed by atoms with van der Waals surface area (Å²) in [5.41, 5.74) is -7.33. The minimum absolute atomic E-state index is 0. The summed E-state index contributed by atoms with van der Waals surface area (Å²) >= 11 is 31.2. The third kappa shape index (κ3) is 11.4. The fourth-order valence-electron chi connectivity index (χ4n) is 12.4. The van der Waals surface area contributed by atoms with Gasteiger partial charge in [0, 0.05) is 77.8 Å². The predicted molar refractivity (Wildman–Crippen MR) is 264 cm³/mol. The molecule has 4 aromatic rings. The van der Waals surface area contributed by atoms with Gasteiger partial charge in [-0.3, -0.25) is 4.79 Å². The van der Waals surface area contributed by atoms with Crippen LogP contribution in [0.15, 0.2) is 69.6 Å². The number of hydrogen-bond acceptors (Lipinski definition) is 7. The number of halogens is 12. The average molecular weight is 1190 g/mol. The zero-order valence-corrected chi connectivity index (χ0v) is 43.0. The summed E-state index contributed by atoms with van der Waals surface area (Å²) in [6.45, 7) is 0. The van der Waals surface area contributed by atoms with Gasteiger partial charge < -0.3 is 35.1 Å². The quantitative estimate of drug-likeness (QED) is 0.141. The Morgan fingerprint density at radius 1 is 0.557 bits per heavy atom. The number of carboxylic acids is 1. The molecule has 4 aromatic carbocycles. The van der Waals surface area contributed by atoms with Crippen molar-refractivity contribution in [1.82, 2.24) is 5.32 Å². The van der Waals surface area contributed by atoms with Crippen molar-refractivity contribution in [3.63, 3.8) is 0 Å². The van der Waals surface area contributed by atoms with Crippen molar-refractivity contribution in [3.05, 3.63) is 101 Å². The van der Waals surface area contributed by atoms with E-state index in [4.69, 9.17) is 76.2 Å². The Morgan fingerprint density at radius 3 is 1.19 bits per heavy atom. The van der Waals surface area contributed by atoms with Gasteiger partial charge in [0.1, 0.15) is 62.6 Å². The van der Waals surface area contributed by atoms with Crippen LogP contribution in [0.5, 0.6) is 34.5 Å². The first kappa shape index (κ1) is 54.5. The summed E-state index contributed by atoms with van der Waals surface area (Å²) in [5, 5.41) is 13.0. The number of amides is 1. The van der Waals surface area contributed by atoms with Crippen molar-refractivity contribution in [2.24, 2.45) is 5.73 Å². The summed E-state index contributed by atoms with van der Waals surface area (Å²) in [6, 6.07) is 15.4. The second-order valence-electron chi connectivity index (χ2n) is 19.8. The molecule has 8 aliphatic carbocycles. The van der Waals surface area contributed by atoms with Crippen molar-refractivity contribution < 1.29 is 60.0 Å². The van der Waals surface area contributed by atoms with E-state index < -0.39 is 57.0 Å². The predicted octanol–water partition coefficient (Wildman–Crippen LogP) is 15.6. The number of hydrogen-bond donors (Lipinski definition) is 3. The fraction of sp³-hybridized carbons (Fsp3) is 0.469. The molecule has 21 heteroatoms. The van der Waals surface area contributed by atoms with Crippen LogP contribution in [-0.4, -0.2) is 76.3 Å². The van der Waals surface area contributed by atoms with Crippen LogP contribution in [0, 0.1) is 0 Å². The number of benzene rings is 4. The molecule has 8 bridgehead atoms. The van der Waals surface area contributed by atoms with Crippen LogP contribution >= 0.6 is 78.3 Å². The van der Waals surface area contributed by atoms with Crippen molar-refractivity contribution in [2.45, 2.75) is 130 Å². The minimum atomic E-state index is -1.98. The highest BCUT2D eigenvalue weighted by atomic mass is 79.9. The summed E-state index contributed by atoms with van der Waals surface area (Å²) in [7, 11) is 2.79. The Balaban J connectivity index is 0.000000170. The number of carbonyl (C=O) groups is 2. The lowest BCUT2D eigenvalue weighted by molar-refractivity contribution is -0.194. The van der Waals surface area contributed by atoms with E-state index >= 15 is 13.2 Å². The first-order valence-corrected chi connectivity index (χ1v) is 24.6. The second kappa shape index (κ2) is 19.2. The van der Waals surface area contributed by atoms with Gasteiger partial charge >= 0.3 is 5.97 Å². The van der Waals surface area contributed by atoms with E-state index in [1.165, 1.54) is 38.5 Å². The number of nitrogens with two attached hydrogens (primary N) is 1. The Morgan fingerprint density at radius 2 is 0.871 bits per heavy atom. The molecular weight excluding hydrogens is 1140 g/mol. The first-order valence-electron chi connectivity index (χ1n) is 21.5. The lowest BCUT2D eigenvalue weighted by Gasteiger charge is -2.63. The lowest BCUT2D eigenvalue weighted by atomic mass is 9.49. The molecule has 0 atom stereocenters. The molecule has 9 nitrogen and oxygen atoms in total. The Hall–Kier alpha value is -3.32. The highest BCUT2D eigenvalue weighted by Crippen LogP contribution is 2.66. The molecule has 0 heterocycles. The maximum atomic E-state index is 15.3. The topological polar surface area (TPSA) is 129 Å². The summed E-state index contributed by atoms with van der Waals surface area (Å²) in [5.74, 6) is -0.304. The van der Waals surface area contributed by atoms with Crippen LogP contribution in [0.3, 0.4) is 0 Å². The number of ether oxygens (including phenoxy) is 4. The minimum Gasteiger partial charge on any atom is -0.496 e. The number of nitrogens with one attached hydrogen (secondary N) is 1. The molecule has 0 unspecified atom stereocenters. The van der Waals surface area contributed by atoms with E-state index in [2.05, 4.69) is 37.2 Å². The van der Waals surface area contributed by atoms with Crippen LogP contribution in [0.2, 0.25) is 20.1 Å². The number of aromatic carboxylic acids is 1. The van der Waals surface area contributed by atoms with Gasteiger partial charge in [0.05, 0.1) is 39.9 Å². The lowest BCUT2D eigenvalue weighted by Crippen LogP contribution is -2.72. The van der Waals surface area contributed by atoms with Gasteiger partial charge in [-0.1, -0.05) is 85.7 Å². The molecule has 0 radical (unpaired) electrons. The van der Waals surface area contributed by atoms with E-state index in [9.17, 15) is 22.8 Å². The average Bonchev–Trinajstić information content (AvgIpc) is 3.16. The third-order valence-electron chi connectivity index (χ3n) is 13.3. The number of alkyl halides is 6. The molecule has 8 saturated carbocycles. The van der Waals surface area contributed by atoms with Crippen LogP contribution in [0.1, 0.15) is 105 Å². The van der Waals surface area contributed by atoms with Gasteiger partial charge in [-0.15, -0.1) is 0 Å². The van der Waals surface area contributed by atoms with Crippen LogP contribution in [0.4, 0.5) is 26.3 Å². The second-order valence-corrected chi connectivity index (χ2v) is 23.2. The van der Waals surface area contributed by atoms with Gasteiger partial charge in [0.25, 0.3) is 5.91 Å². The molecule has 8 fully saturated rings. The monoisotopic (exact) mass is 1190 g/mol. The standard InChI is InChI=1S/C24H21BrCl2F3NO3.C14H9BrCl2O4.C10H14F3N.CH4/c1-33-18-3-2-14(34-19-16(26)4-13(25)5-17(19)27)6-15(18)20(32)31-24-10-21(28)7-22(29,11-24)9-23(30,8-21)12-24;1-20-12-3-2-8(6-9(12)14(18)19)21-13-10(16)4-7(15)5-11(13)17;11-7-1-8(12)3-9(13,2-7)6-10(14,4-7)5-8;/h2-6H,7-12H2,1H3,(H,31,32);2-6H,1H3,(H,18,19);1-6,14H2;1H4. The normalized spacial score (nSPS) is 32.6. The van der Waals surface area contributed by atoms with Crippen molar-refractivity contribution in [3.8, 4) is 34.5 Å². The van der Waals surface area contributed by atoms with E-state index in [0.717, 1.165) is 0 Å². The van der Waals surface area contributed by atoms with Gasteiger partial charge in [0.15, 0.2) is 11.5 Å². The first-order chi connectivity index (χ1) is 32.0. The van der Waals surface area contributed by atoms with Gasteiger partial charge in [-0.05, 0) is 79.9 Å².